The molecule has 112 valence electrons. The van der Waals surface area contributed by atoms with Crippen LogP contribution in [-0.4, -0.2) is 30.1 Å². The summed E-state index contributed by atoms with van der Waals surface area (Å²) in [5, 5.41) is 0.712. The van der Waals surface area contributed by atoms with Crippen molar-refractivity contribution in [2.24, 2.45) is 11.7 Å². The quantitative estimate of drug-likeness (QED) is 0.924. The molecule has 0 amide bonds. The Morgan fingerprint density at radius 1 is 1.30 bits per heavy atom. The molecule has 2 rings (SSSR count). The molecule has 0 aromatic heterocycles. The molecule has 1 aliphatic heterocycles. The molecular weight excluding hydrogens is 272 g/mol. The third kappa shape index (κ3) is 2.95. The highest BCUT2D eigenvalue weighted by atomic mass is 35.5. The normalized spacial score (nSPS) is 24.4. The second-order valence-electron chi connectivity index (χ2n) is 6.01. The van der Waals surface area contributed by atoms with E-state index in [0.717, 1.165) is 30.9 Å². The number of nitrogens with two attached hydrogens (primary N) is 1. The van der Waals surface area contributed by atoms with Crippen molar-refractivity contribution in [3.8, 4) is 5.75 Å². The Kier molecular flexibility index (Phi) is 4.62. The van der Waals surface area contributed by atoms with E-state index in [2.05, 4.69) is 32.6 Å². The molecule has 1 aliphatic rings. The molecule has 0 saturated heterocycles. The van der Waals surface area contributed by atoms with E-state index < -0.39 is 0 Å². The van der Waals surface area contributed by atoms with Gasteiger partial charge in [0.25, 0.3) is 0 Å². The number of fused-ring (bicyclic) bond motifs is 1. The maximum absolute atomic E-state index is 6.53. The van der Waals surface area contributed by atoms with Crippen molar-refractivity contribution < 1.29 is 4.74 Å². The standard InChI is InChI=1S/C16H25ClN2O/c1-5-19(6-2)10-13-15(18)12-9-11(17)7-8-14(12)20-16(13,3)4/h7-9,13,15H,5-6,10,18H2,1-4H3. The van der Waals surface area contributed by atoms with Crippen molar-refractivity contribution in [3.63, 3.8) is 0 Å². The van der Waals surface area contributed by atoms with Crippen molar-refractivity contribution in [1.82, 2.24) is 4.90 Å². The van der Waals surface area contributed by atoms with Gasteiger partial charge in [0.2, 0.25) is 0 Å². The Labute approximate surface area is 127 Å². The van der Waals surface area contributed by atoms with Crippen LogP contribution in [-0.2, 0) is 0 Å². The fourth-order valence-corrected chi connectivity index (χ4v) is 3.15. The van der Waals surface area contributed by atoms with Gasteiger partial charge in [-0.15, -0.1) is 0 Å². The Balaban J connectivity index is 2.33. The summed E-state index contributed by atoms with van der Waals surface area (Å²) in [5.74, 6) is 1.11. The Hall–Kier alpha value is -0.770. The number of ether oxygens (including phenoxy) is 1. The van der Waals surface area contributed by atoms with Crippen LogP contribution in [0.5, 0.6) is 5.75 Å². The average molecular weight is 297 g/mol. The second-order valence-corrected chi connectivity index (χ2v) is 6.44. The Bertz CT molecular complexity index is 472. The lowest BCUT2D eigenvalue weighted by Crippen LogP contribution is -2.51. The van der Waals surface area contributed by atoms with Crippen LogP contribution in [0, 0.1) is 5.92 Å². The monoisotopic (exact) mass is 296 g/mol. The highest BCUT2D eigenvalue weighted by Gasteiger charge is 2.42. The molecule has 0 radical (unpaired) electrons. The topological polar surface area (TPSA) is 38.5 Å². The molecule has 2 atom stereocenters. The smallest absolute Gasteiger partial charge is 0.125 e. The Morgan fingerprint density at radius 3 is 2.55 bits per heavy atom. The molecule has 2 unspecified atom stereocenters. The van der Waals surface area contributed by atoms with E-state index >= 15 is 0 Å². The van der Waals surface area contributed by atoms with Crippen molar-refractivity contribution in [3.05, 3.63) is 28.8 Å². The molecule has 0 saturated carbocycles. The van der Waals surface area contributed by atoms with E-state index in [4.69, 9.17) is 22.1 Å². The number of hydrogen-bond donors (Lipinski definition) is 1. The average Bonchev–Trinajstić information content (AvgIpc) is 2.40. The first-order valence-corrected chi connectivity index (χ1v) is 7.73. The fraction of sp³-hybridized carbons (Fsp3) is 0.625. The van der Waals surface area contributed by atoms with E-state index in [1.807, 2.05) is 18.2 Å². The van der Waals surface area contributed by atoms with Gasteiger partial charge in [-0.05, 0) is 45.1 Å². The maximum atomic E-state index is 6.53. The van der Waals surface area contributed by atoms with Crippen LogP contribution >= 0.6 is 11.6 Å². The zero-order valence-corrected chi connectivity index (χ0v) is 13.6. The minimum Gasteiger partial charge on any atom is -0.487 e. The number of benzene rings is 1. The minimum absolute atomic E-state index is 0.0481. The molecular formula is C16H25ClN2O. The zero-order chi connectivity index (χ0) is 14.9. The summed E-state index contributed by atoms with van der Waals surface area (Å²) < 4.78 is 6.18. The van der Waals surface area contributed by atoms with Gasteiger partial charge < -0.3 is 15.4 Å². The van der Waals surface area contributed by atoms with E-state index in [1.54, 1.807) is 0 Å². The van der Waals surface area contributed by atoms with Gasteiger partial charge in [-0.1, -0.05) is 25.4 Å². The first kappa shape index (κ1) is 15.6. The van der Waals surface area contributed by atoms with Crippen LogP contribution < -0.4 is 10.5 Å². The van der Waals surface area contributed by atoms with E-state index in [9.17, 15) is 0 Å². The number of halogens is 1. The third-order valence-corrected chi connectivity index (χ3v) is 4.61. The lowest BCUT2D eigenvalue weighted by Gasteiger charge is -2.45. The first-order valence-electron chi connectivity index (χ1n) is 7.35. The predicted octanol–water partition coefficient (Wildman–Crippen LogP) is 3.47. The van der Waals surface area contributed by atoms with E-state index in [0.29, 0.717) is 5.02 Å². The van der Waals surface area contributed by atoms with Crippen LogP contribution in [0.2, 0.25) is 5.02 Å². The molecule has 4 heteroatoms. The minimum atomic E-state index is -0.275. The van der Waals surface area contributed by atoms with Crippen LogP contribution in [0.25, 0.3) is 0 Å². The summed E-state index contributed by atoms with van der Waals surface area (Å²) in [6.45, 7) is 11.6. The van der Waals surface area contributed by atoms with Gasteiger partial charge in [0.05, 0.1) is 0 Å². The van der Waals surface area contributed by atoms with Gasteiger partial charge >= 0.3 is 0 Å². The number of nitrogens with zero attached hydrogens (tertiary/aromatic N) is 1. The predicted molar refractivity (Wildman–Crippen MR) is 84.4 cm³/mol. The van der Waals surface area contributed by atoms with Gasteiger partial charge in [0.15, 0.2) is 0 Å². The van der Waals surface area contributed by atoms with Crippen LogP contribution in [0.4, 0.5) is 0 Å². The van der Waals surface area contributed by atoms with Gasteiger partial charge in [0.1, 0.15) is 11.4 Å². The van der Waals surface area contributed by atoms with Gasteiger partial charge in [0, 0.05) is 29.1 Å². The Morgan fingerprint density at radius 2 is 1.95 bits per heavy atom. The lowest BCUT2D eigenvalue weighted by atomic mass is 9.78. The van der Waals surface area contributed by atoms with Crippen molar-refractivity contribution in [2.75, 3.05) is 19.6 Å². The summed E-state index contributed by atoms with van der Waals surface area (Å²) in [7, 11) is 0. The molecule has 2 N–H and O–H groups in total. The fourth-order valence-electron chi connectivity index (χ4n) is 2.97. The van der Waals surface area contributed by atoms with Crippen LogP contribution in [0.3, 0.4) is 0 Å². The van der Waals surface area contributed by atoms with Gasteiger partial charge in [-0.3, -0.25) is 0 Å². The van der Waals surface area contributed by atoms with Gasteiger partial charge in [-0.25, -0.2) is 0 Å². The zero-order valence-electron chi connectivity index (χ0n) is 12.8. The number of rotatable bonds is 4. The van der Waals surface area contributed by atoms with Crippen molar-refractivity contribution in [2.45, 2.75) is 39.3 Å². The molecule has 0 bridgehead atoms. The first-order chi connectivity index (χ1) is 9.39. The molecule has 0 spiro atoms. The molecule has 1 aromatic rings. The highest BCUT2D eigenvalue weighted by molar-refractivity contribution is 6.30. The molecule has 0 fully saturated rings. The lowest BCUT2D eigenvalue weighted by molar-refractivity contribution is -0.00529. The van der Waals surface area contributed by atoms with Crippen LogP contribution in [0.15, 0.2) is 18.2 Å². The second kappa shape index (κ2) is 5.92. The van der Waals surface area contributed by atoms with Crippen LogP contribution in [0.1, 0.15) is 39.3 Å². The molecule has 3 nitrogen and oxygen atoms in total. The summed E-state index contributed by atoms with van der Waals surface area (Å²) >= 11 is 6.10. The number of hydrogen-bond acceptors (Lipinski definition) is 3. The highest BCUT2D eigenvalue weighted by Crippen LogP contribution is 2.43. The summed E-state index contributed by atoms with van der Waals surface area (Å²) in [6.07, 6.45) is 0. The largest absolute Gasteiger partial charge is 0.487 e. The van der Waals surface area contributed by atoms with E-state index in [1.165, 1.54) is 0 Å². The summed E-state index contributed by atoms with van der Waals surface area (Å²) in [6, 6.07) is 5.67. The molecule has 20 heavy (non-hydrogen) atoms. The summed E-state index contributed by atoms with van der Waals surface area (Å²) in [5.41, 5.74) is 7.27. The van der Waals surface area contributed by atoms with Gasteiger partial charge in [-0.2, -0.15) is 0 Å². The molecule has 1 aromatic carbocycles. The van der Waals surface area contributed by atoms with Crippen molar-refractivity contribution >= 4 is 11.6 Å². The van der Waals surface area contributed by atoms with Crippen molar-refractivity contribution in [1.29, 1.82) is 0 Å². The molecule has 0 aliphatic carbocycles. The third-order valence-electron chi connectivity index (χ3n) is 4.38. The SMILES string of the molecule is CCN(CC)CC1C(N)c2cc(Cl)ccc2OC1(C)C. The van der Waals surface area contributed by atoms with E-state index in [-0.39, 0.29) is 17.6 Å². The summed E-state index contributed by atoms with van der Waals surface area (Å²) in [4.78, 5) is 2.39. The maximum Gasteiger partial charge on any atom is 0.125 e. The molecule has 1 heterocycles.